The Kier molecular flexibility index (Phi) is 3.49. The van der Waals surface area contributed by atoms with Crippen LogP contribution in [0.5, 0.6) is 0 Å². The molecule has 3 aromatic rings. The number of nitrogens with one attached hydrogen (secondary N) is 1. The lowest BCUT2D eigenvalue weighted by molar-refractivity contribution is 0.103. The molecule has 106 valence electrons. The molecule has 0 aliphatic heterocycles. The molecular weight excluding hydrogens is 288 g/mol. The number of benzene rings is 1. The van der Waals surface area contributed by atoms with Gasteiger partial charge in [0.05, 0.1) is 16.9 Å². The number of aryl methyl sites for hydroxylation is 2. The van der Waals surface area contributed by atoms with Gasteiger partial charge in [0.25, 0.3) is 5.91 Å². The summed E-state index contributed by atoms with van der Waals surface area (Å²) in [4.78, 5) is 21.1. The van der Waals surface area contributed by atoms with Crippen LogP contribution in [0.3, 0.4) is 0 Å². The van der Waals surface area contributed by atoms with Crippen molar-refractivity contribution >= 4 is 22.9 Å². The predicted octanol–water partition coefficient (Wildman–Crippen LogP) is 3.06. The monoisotopic (exact) mass is 300 g/mol. The highest BCUT2D eigenvalue weighted by atomic mass is 32.1. The zero-order chi connectivity index (χ0) is 14.8. The van der Waals surface area contributed by atoms with E-state index in [4.69, 9.17) is 4.52 Å². The van der Waals surface area contributed by atoms with E-state index in [1.54, 1.807) is 25.4 Å². The van der Waals surface area contributed by atoms with Crippen LogP contribution in [0, 0.1) is 13.8 Å². The van der Waals surface area contributed by atoms with Crippen molar-refractivity contribution in [3.05, 3.63) is 46.2 Å². The summed E-state index contributed by atoms with van der Waals surface area (Å²) in [7, 11) is 0. The van der Waals surface area contributed by atoms with Gasteiger partial charge in [-0.05, 0) is 19.1 Å². The van der Waals surface area contributed by atoms with Crippen LogP contribution in [-0.2, 0) is 0 Å². The molecule has 0 aliphatic rings. The van der Waals surface area contributed by atoms with E-state index in [1.807, 2.05) is 18.2 Å². The number of anilines is 1. The highest BCUT2D eigenvalue weighted by Crippen LogP contribution is 2.26. The fourth-order valence-electron chi connectivity index (χ4n) is 1.89. The Balaban J connectivity index is 1.93. The van der Waals surface area contributed by atoms with E-state index in [2.05, 4.69) is 20.4 Å². The van der Waals surface area contributed by atoms with Crippen molar-refractivity contribution in [2.24, 2.45) is 0 Å². The van der Waals surface area contributed by atoms with Crippen molar-refractivity contribution in [2.75, 3.05) is 5.32 Å². The maximum Gasteiger partial charge on any atom is 0.267 e. The Morgan fingerprint density at radius 1 is 1.29 bits per heavy atom. The Morgan fingerprint density at radius 3 is 2.76 bits per heavy atom. The molecule has 0 unspecified atom stereocenters. The number of hydrogen-bond donors (Lipinski definition) is 1. The third kappa shape index (κ3) is 2.68. The molecule has 1 N–H and O–H groups in total. The van der Waals surface area contributed by atoms with Gasteiger partial charge in [0, 0.05) is 12.5 Å². The fourth-order valence-corrected chi connectivity index (χ4v) is 2.59. The molecule has 0 radical (unpaired) electrons. The van der Waals surface area contributed by atoms with Crippen LogP contribution in [0.2, 0.25) is 0 Å². The van der Waals surface area contributed by atoms with Gasteiger partial charge in [-0.1, -0.05) is 17.3 Å². The molecule has 1 amide bonds. The molecule has 0 atom stereocenters. The van der Waals surface area contributed by atoms with Gasteiger partial charge in [-0.3, -0.25) is 4.79 Å². The number of amides is 1. The molecule has 6 nitrogen and oxygen atoms in total. The summed E-state index contributed by atoms with van der Waals surface area (Å²) in [6.45, 7) is 3.53. The van der Waals surface area contributed by atoms with Crippen LogP contribution in [0.1, 0.15) is 21.3 Å². The summed E-state index contributed by atoms with van der Waals surface area (Å²) >= 11 is 1.31. The number of carbonyl (C=O) groups excluding carboxylic acids is 1. The lowest BCUT2D eigenvalue weighted by atomic mass is 10.1. The summed E-state index contributed by atoms with van der Waals surface area (Å²) in [5.74, 6) is 0.733. The first-order valence-corrected chi connectivity index (χ1v) is 7.14. The zero-order valence-electron chi connectivity index (χ0n) is 11.5. The van der Waals surface area contributed by atoms with Gasteiger partial charge in [0.15, 0.2) is 0 Å². The number of hydrogen-bond acceptors (Lipinski definition) is 6. The molecule has 0 fully saturated rings. The summed E-state index contributed by atoms with van der Waals surface area (Å²) < 4.78 is 4.99. The summed E-state index contributed by atoms with van der Waals surface area (Å²) in [6.07, 6.45) is 0. The molecule has 0 spiro atoms. The lowest BCUT2D eigenvalue weighted by Crippen LogP contribution is -2.12. The van der Waals surface area contributed by atoms with E-state index < -0.39 is 0 Å². The molecule has 0 saturated carbocycles. The van der Waals surface area contributed by atoms with Gasteiger partial charge in [0.2, 0.25) is 11.7 Å². The van der Waals surface area contributed by atoms with Crippen molar-refractivity contribution in [1.29, 1.82) is 0 Å². The van der Waals surface area contributed by atoms with Crippen LogP contribution in [0.25, 0.3) is 11.4 Å². The Bertz CT molecular complexity index is 794. The Labute approximate surface area is 124 Å². The Morgan fingerprint density at radius 2 is 2.10 bits per heavy atom. The average molecular weight is 300 g/mol. The molecule has 7 heteroatoms. The molecule has 1 aromatic carbocycles. The third-order valence-electron chi connectivity index (χ3n) is 2.90. The standard InChI is InChI=1S/C14H12N4O2S/c1-8-12(21-7-15-8)14(19)17-11-6-4-3-5-10(11)13-16-9(2)20-18-13/h3-7H,1-2H3,(H,17,19). The molecule has 2 heterocycles. The molecule has 0 aliphatic carbocycles. The fraction of sp³-hybridized carbons (Fsp3) is 0.143. The van der Waals surface area contributed by atoms with Crippen molar-refractivity contribution in [3.8, 4) is 11.4 Å². The van der Waals surface area contributed by atoms with E-state index in [-0.39, 0.29) is 5.91 Å². The number of aromatic nitrogens is 3. The third-order valence-corrected chi connectivity index (χ3v) is 3.82. The van der Waals surface area contributed by atoms with E-state index >= 15 is 0 Å². The van der Waals surface area contributed by atoms with E-state index in [0.717, 1.165) is 0 Å². The highest BCUT2D eigenvalue weighted by molar-refractivity contribution is 7.12. The first kappa shape index (κ1) is 13.4. The van der Waals surface area contributed by atoms with Crippen LogP contribution >= 0.6 is 11.3 Å². The predicted molar refractivity (Wildman–Crippen MR) is 79.3 cm³/mol. The van der Waals surface area contributed by atoms with Gasteiger partial charge in [-0.2, -0.15) is 4.98 Å². The molecule has 3 rings (SSSR count). The number of para-hydroxylation sites is 1. The van der Waals surface area contributed by atoms with Crippen LogP contribution in [0.15, 0.2) is 34.3 Å². The minimum atomic E-state index is -0.192. The van der Waals surface area contributed by atoms with Gasteiger partial charge in [0.1, 0.15) is 4.88 Å². The van der Waals surface area contributed by atoms with Gasteiger partial charge in [-0.15, -0.1) is 11.3 Å². The second-order valence-electron chi connectivity index (χ2n) is 4.40. The van der Waals surface area contributed by atoms with Crippen molar-refractivity contribution < 1.29 is 9.32 Å². The number of carbonyl (C=O) groups is 1. The van der Waals surface area contributed by atoms with Crippen molar-refractivity contribution in [1.82, 2.24) is 15.1 Å². The second-order valence-corrected chi connectivity index (χ2v) is 5.26. The van der Waals surface area contributed by atoms with Crippen molar-refractivity contribution in [2.45, 2.75) is 13.8 Å². The maximum atomic E-state index is 12.3. The number of thiazole rings is 1. The molecular formula is C14H12N4O2S. The first-order valence-electron chi connectivity index (χ1n) is 6.26. The van der Waals surface area contributed by atoms with Crippen molar-refractivity contribution in [3.63, 3.8) is 0 Å². The van der Waals surface area contributed by atoms with Gasteiger partial charge < -0.3 is 9.84 Å². The summed E-state index contributed by atoms with van der Waals surface area (Å²) in [5, 5.41) is 6.76. The lowest BCUT2D eigenvalue weighted by Gasteiger charge is -2.07. The van der Waals surface area contributed by atoms with Gasteiger partial charge >= 0.3 is 0 Å². The zero-order valence-corrected chi connectivity index (χ0v) is 12.3. The second kappa shape index (κ2) is 5.45. The minimum absolute atomic E-state index is 0.192. The molecule has 21 heavy (non-hydrogen) atoms. The maximum absolute atomic E-state index is 12.3. The van der Waals surface area contributed by atoms with Crippen LogP contribution < -0.4 is 5.32 Å². The molecule has 0 bridgehead atoms. The normalized spacial score (nSPS) is 10.6. The van der Waals surface area contributed by atoms with E-state index in [1.165, 1.54) is 11.3 Å². The van der Waals surface area contributed by atoms with E-state index in [0.29, 0.717) is 33.5 Å². The summed E-state index contributed by atoms with van der Waals surface area (Å²) in [6, 6.07) is 7.33. The SMILES string of the molecule is Cc1nc(-c2ccccc2NC(=O)c2scnc2C)no1. The quantitative estimate of drug-likeness (QED) is 0.804. The first-order chi connectivity index (χ1) is 10.1. The number of rotatable bonds is 3. The molecule has 0 saturated heterocycles. The molecule has 2 aromatic heterocycles. The highest BCUT2D eigenvalue weighted by Gasteiger charge is 2.16. The van der Waals surface area contributed by atoms with Crippen LogP contribution in [0.4, 0.5) is 5.69 Å². The Hall–Kier alpha value is -2.54. The number of nitrogens with zero attached hydrogens (tertiary/aromatic N) is 3. The smallest absolute Gasteiger partial charge is 0.267 e. The largest absolute Gasteiger partial charge is 0.339 e. The average Bonchev–Trinajstić information content (AvgIpc) is 3.08. The van der Waals surface area contributed by atoms with Gasteiger partial charge in [-0.25, -0.2) is 4.98 Å². The minimum Gasteiger partial charge on any atom is -0.339 e. The summed E-state index contributed by atoms with van der Waals surface area (Å²) in [5.41, 5.74) is 3.71. The van der Waals surface area contributed by atoms with E-state index in [9.17, 15) is 4.79 Å². The van der Waals surface area contributed by atoms with Crippen LogP contribution in [-0.4, -0.2) is 21.0 Å². The topological polar surface area (TPSA) is 80.9 Å².